The number of ether oxygens (including phenoxy) is 1. The fourth-order valence-electron chi connectivity index (χ4n) is 3.42. The molecule has 11 nitrogen and oxygen atoms in total. The molecule has 1 fully saturated rings. The number of para-hydroxylation sites is 1. The number of sulfonamides is 1. The summed E-state index contributed by atoms with van der Waals surface area (Å²) in [5.74, 6) is 0. The Morgan fingerprint density at radius 3 is 2.59 bits per heavy atom. The van der Waals surface area contributed by atoms with Crippen molar-refractivity contribution in [3.8, 4) is 5.69 Å². The molecule has 1 saturated heterocycles. The van der Waals surface area contributed by atoms with Gasteiger partial charge < -0.3 is 4.74 Å². The van der Waals surface area contributed by atoms with Gasteiger partial charge in [-0.3, -0.25) is 15.5 Å². The lowest BCUT2D eigenvalue weighted by molar-refractivity contribution is -0.384. The molecule has 2 aromatic carbocycles. The van der Waals surface area contributed by atoms with Crippen LogP contribution in [0.4, 0.5) is 11.4 Å². The molecular weight excluding hydrogens is 484 g/mol. The average Bonchev–Trinajstić information content (AvgIpc) is 3.13. The van der Waals surface area contributed by atoms with Gasteiger partial charge in [0.15, 0.2) is 0 Å². The van der Waals surface area contributed by atoms with Crippen molar-refractivity contribution in [2.75, 3.05) is 31.7 Å². The fourth-order valence-corrected chi connectivity index (χ4v) is 5.17. The van der Waals surface area contributed by atoms with E-state index in [1.54, 1.807) is 11.6 Å². The summed E-state index contributed by atoms with van der Waals surface area (Å²) >= 11 is 6.47. The topological polar surface area (TPSA) is 132 Å². The number of nitrogens with zero attached hydrogens (tertiary/aromatic N) is 5. The number of nitrogens with one attached hydrogen (secondary N) is 1. The Balaban J connectivity index is 1.58. The molecule has 178 valence electrons. The first-order chi connectivity index (χ1) is 16.3. The monoisotopic (exact) mass is 504 g/mol. The molecule has 3 aromatic rings. The number of morpholine rings is 1. The van der Waals surface area contributed by atoms with Gasteiger partial charge in [0.05, 0.1) is 46.2 Å². The van der Waals surface area contributed by atoms with E-state index in [1.165, 1.54) is 22.7 Å². The van der Waals surface area contributed by atoms with Gasteiger partial charge in [0.2, 0.25) is 10.0 Å². The third-order valence-corrected chi connectivity index (χ3v) is 7.46. The molecule has 13 heteroatoms. The van der Waals surface area contributed by atoms with E-state index < -0.39 is 20.6 Å². The number of hydrogen-bond acceptors (Lipinski definition) is 8. The van der Waals surface area contributed by atoms with Gasteiger partial charge in [0.1, 0.15) is 10.8 Å². The lowest BCUT2D eigenvalue weighted by Crippen LogP contribution is -2.40. The predicted octanol–water partition coefficient (Wildman–Crippen LogP) is 3.21. The zero-order valence-electron chi connectivity index (χ0n) is 18.1. The molecule has 2 heterocycles. The van der Waals surface area contributed by atoms with Crippen LogP contribution in [0.2, 0.25) is 5.15 Å². The molecule has 34 heavy (non-hydrogen) atoms. The van der Waals surface area contributed by atoms with E-state index in [2.05, 4.69) is 15.6 Å². The number of hydrazone groups is 1. The van der Waals surface area contributed by atoms with Crippen LogP contribution in [0.15, 0.2) is 58.5 Å². The highest BCUT2D eigenvalue weighted by Crippen LogP contribution is 2.29. The van der Waals surface area contributed by atoms with Gasteiger partial charge in [-0.2, -0.15) is 14.5 Å². The van der Waals surface area contributed by atoms with E-state index >= 15 is 0 Å². The Morgan fingerprint density at radius 2 is 1.91 bits per heavy atom. The van der Waals surface area contributed by atoms with E-state index in [-0.39, 0.29) is 36.9 Å². The summed E-state index contributed by atoms with van der Waals surface area (Å²) in [5, 5.41) is 20.4. The fraction of sp³-hybridized carbons (Fsp3) is 0.238. The van der Waals surface area contributed by atoms with Crippen molar-refractivity contribution >= 4 is 39.2 Å². The Bertz CT molecular complexity index is 1340. The first kappa shape index (κ1) is 23.8. The van der Waals surface area contributed by atoms with Crippen LogP contribution < -0.4 is 5.43 Å². The quantitative estimate of drug-likeness (QED) is 0.297. The summed E-state index contributed by atoms with van der Waals surface area (Å²) in [6, 6.07) is 12.9. The summed E-state index contributed by atoms with van der Waals surface area (Å²) in [5.41, 5.74) is 4.14. The summed E-state index contributed by atoms with van der Waals surface area (Å²) in [7, 11) is -3.88. The zero-order valence-corrected chi connectivity index (χ0v) is 19.7. The molecule has 1 aliphatic heterocycles. The van der Waals surface area contributed by atoms with Gasteiger partial charge in [-0.05, 0) is 31.2 Å². The summed E-state index contributed by atoms with van der Waals surface area (Å²) in [4.78, 5) is 10.8. The van der Waals surface area contributed by atoms with Crippen molar-refractivity contribution in [1.82, 2.24) is 14.1 Å². The van der Waals surface area contributed by atoms with Crippen LogP contribution in [0.1, 0.15) is 11.3 Å². The zero-order chi connectivity index (χ0) is 24.3. The van der Waals surface area contributed by atoms with Crippen LogP contribution in [0.5, 0.6) is 0 Å². The molecule has 0 bridgehead atoms. The molecule has 0 spiro atoms. The number of nitro groups is 1. The highest BCUT2D eigenvalue weighted by Gasteiger charge is 2.29. The van der Waals surface area contributed by atoms with E-state index in [0.717, 1.165) is 11.8 Å². The molecule has 1 aromatic heterocycles. The molecule has 0 unspecified atom stereocenters. The maximum absolute atomic E-state index is 12.8. The van der Waals surface area contributed by atoms with E-state index in [9.17, 15) is 18.5 Å². The Kier molecular flexibility index (Phi) is 6.93. The molecule has 0 amide bonds. The Labute approximate surface area is 200 Å². The predicted molar refractivity (Wildman–Crippen MR) is 127 cm³/mol. The number of benzene rings is 2. The van der Waals surface area contributed by atoms with Crippen LogP contribution in [0, 0.1) is 17.0 Å². The van der Waals surface area contributed by atoms with E-state index in [4.69, 9.17) is 16.3 Å². The second-order valence-corrected chi connectivity index (χ2v) is 9.66. The molecule has 1 N–H and O–H groups in total. The first-order valence-corrected chi connectivity index (χ1v) is 12.1. The molecule has 0 aliphatic carbocycles. The minimum absolute atomic E-state index is 0.0337. The van der Waals surface area contributed by atoms with Crippen molar-refractivity contribution in [1.29, 1.82) is 0 Å². The first-order valence-electron chi connectivity index (χ1n) is 10.2. The largest absolute Gasteiger partial charge is 0.379 e. The normalized spacial score (nSPS) is 15.0. The number of aromatic nitrogens is 2. The molecule has 4 rings (SSSR count). The number of aryl methyl sites for hydroxylation is 1. The smallest absolute Gasteiger partial charge is 0.295 e. The second-order valence-electron chi connectivity index (χ2n) is 7.36. The van der Waals surface area contributed by atoms with E-state index in [0.29, 0.717) is 16.4 Å². The minimum Gasteiger partial charge on any atom is -0.379 e. The lowest BCUT2D eigenvalue weighted by atomic mass is 10.3. The van der Waals surface area contributed by atoms with Crippen molar-refractivity contribution in [2.24, 2.45) is 5.10 Å². The average molecular weight is 505 g/mol. The van der Waals surface area contributed by atoms with E-state index in [1.807, 2.05) is 30.3 Å². The number of hydrogen-bond donors (Lipinski definition) is 1. The van der Waals surface area contributed by atoms with Gasteiger partial charge in [-0.1, -0.05) is 29.8 Å². The Hall–Kier alpha value is -3.32. The number of halogens is 1. The van der Waals surface area contributed by atoms with Crippen molar-refractivity contribution in [2.45, 2.75) is 11.8 Å². The summed E-state index contributed by atoms with van der Waals surface area (Å²) in [6.07, 6.45) is 1.41. The third-order valence-electron chi connectivity index (χ3n) is 5.20. The van der Waals surface area contributed by atoms with Crippen LogP contribution >= 0.6 is 11.6 Å². The van der Waals surface area contributed by atoms with Gasteiger partial charge in [0, 0.05) is 19.2 Å². The van der Waals surface area contributed by atoms with Crippen molar-refractivity contribution in [3.05, 3.63) is 75.1 Å². The molecule has 0 atom stereocenters. The maximum Gasteiger partial charge on any atom is 0.295 e. The SMILES string of the molecule is Cc1nn(-c2ccccc2)c(Cl)c1C=NNc1ccc(S(=O)(=O)N2CCOCC2)cc1[N+](=O)[O-]. The summed E-state index contributed by atoms with van der Waals surface area (Å²) in [6.45, 7) is 2.70. The number of nitro benzene ring substituents is 1. The van der Waals surface area contributed by atoms with Crippen LogP contribution in [-0.2, 0) is 14.8 Å². The molecule has 0 saturated carbocycles. The summed E-state index contributed by atoms with van der Waals surface area (Å²) < 4.78 is 33.7. The maximum atomic E-state index is 12.8. The third kappa shape index (κ3) is 4.80. The van der Waals surface area contributed by atoms with Gasteiger partial charge in [0.25, 0.3) is 5.69 Å². The highest BCUT2D eigenvalue weighted by atomic mass is 35.5. The van der Waals surface area contributed by atoms with Gasteiger partial charge in [-0.25, -0.2) is 13.1 Å². The molecular formula is C21H21ClN6O5S. The number of rotatable bonds is 7. The highest BCUT2D eigenvalue weighted by molar-refractivity contribution is 7.89. The van der Waals surface area contributed by atoms with Gasteiger partial charge in [-0.15, -0.1) is 0 Å². The lowest BCUT2D eigenvalue weighted by Gasteiger charge is -2.26. The molecule has 0 radical (unpaired) electrons. The van der Waals surface area contributed by atoms with Crippen molar-refractivity contribution in [3.63, 3.8) is 0 Å². The second kappa shape index (κ2) is 9.89. The van der Waals surface area contributed by atoms with Crippen LogP contribution in [-0.4, -0.2) is 59.9 Å². The number of anilines is 1. The minimum atomic E-state index is -3.88. The van der Waals surface area contributed by atoms with Crippen LogP contribution in [0.25, 0.3) is 5.69 Å². The van der Waals surface area contributed by atoms with Gasteiger partial charge >= 0.3 is 0 Å². The standard InChI is InChI=1S/C21H21ClN6O5S/c1-15-18(21(22)27(25-15)16-5-3-2-4-6-16)14-23-24-19-8-7-17(13-20(19)28(29)30)34(31,32)26-9-11-33-12-10-26/h2-8,13-14,24H,9-12H2,1H3. The van der Waals surface area contributed by atoms with Crippen molar-refractivity contribution < 1.29 is 18.1 Å². The van der Waals surface area contributed by atoms with Crippen LogP contribution in [0.3, 0.4) is 0 Å². The Morgan fingerprint density at radius 1 is 1.21 bits per heavy atom. The molecule has 1 aliphatic rings.